The first-order valence-electron chi connectivity index (χ1n) is 12.2. The molecule has 0 spiro atoms. The summed E-state index contributed by atoms with van der Waals surface area (Å²) in [6, 6.07) is 5.57. The molecule has 0 saturated carbocycles. The SMILES string of the molecule is CCCCCCCCc1sc[n+](CC(=O)c2ccccn2)c1CCCCCCCC.[Br-]. The molecule has 0 saturated heterocycles. The number of Topliss-reactive ketones (excluding diaryl/α,β-unsaturated/α-hetero) is 1. The topological polar surface area (TPSA) is 33.8 Å². The Morgan fingerprint density at radius 3 is 2.10 bits per heavy atom. The van der Waals surface area contributed by atoms with Crippen LogP contribution in [0.1, 0.15) is 112 Å². The molecule has 0 bridgehead atoms. The number of pyridine rings is 1. The predicted molar refractivity (Wildman–Crippen MR) is 127 cm³/mol. The lowest BCUT2D eigenvalue weighted by Gasteiger charge is -2.04. The van der Waals surface area contributed by atoms with Gasteiger partial charge >= 0.3 is 0 Å². The second-order valence-electron chi connectivity index (χ2n) is 8.39. The van der Waals surface area contributed by atoms with Crippen LogP contribution in [0.2, 0.25) is 0 Å². The molecular weight excluding hydrogens is 468 g/mol. The van der Waals surface area contributed by atoms with Crippen molar-refractivity contribution in [1.29, 1.82) is 0 Å². The van der Waals surface area contributed by atoms with Gasteiger partial charge < -0.3 is 17.0 Å². The van der Waals surface area contributed by atoms with Gasteiger partial charge in [-0.25, -0.2) is 0 Å². The summed E-state index contributed by atoms with van der Waals surface area (Å²) in [5.41, 5.74) is 4.13. The van der Waals surface area contributed by atoms with E-state index in [-0.39, 0.29) is 22.8 Å². The Kier molecular flexibility index (Phi) is 15.8. The number of hydrogen-bond acceptors (Lipinski definition) is 3. The van der Waals surface area contributed by atoms with Gasteiger partial charge in [-0.1, -0.05) is 95.5 Å². The Morgan fingerprint density at radius 1 is 0.871 bits per heavy atom. The zero-order valence-corrected chi connectivity index (χ0v) is 22.0. The number of unbranched alkanes of at least 4 members (excludes halogenated alkanes) is 10. The smallest absolute Gasteiger partial charge is 0.245 e. The van der Waals surface area contributed by atoms with Gasteiger partial charge in [0.05, 0.1) is 4.88 Å². The normalized spacial score (nSPS) is 10.8. The molecule has 2 aromatic rings. The van der Waals surface area contributed by atoms with E-state index in [1.54, 1.807) is 6.20 Å². The molecule has 0 radical (unpaired) electrons. The lowest BCUT2D eigenvalue weighted by molar-refractivity contribution is -0.686. The average Bonchev–Trinajstić information content (AvgIpc) is 3.15. The maximum absolute atomic E-state index is 12.7. The molecule has 0 atom stereocenters. The summed E-state index contributed by atoms with van der Waals surface area (Å²) in [7, 11) is 0. The number of aryl methyl sites for hydroxylation is 1. The van der Waals surface area contributed by atoms with Gasteiger partial charge in [0.15, 0.2) is 5.69 Å². The molecule has 0 aliphatic rings. The first-order chi connectivity index (χ1) is 14.8. The van der Waals surface area contributed by atoms with Crippen molar-refractivity contribution in [3.05, 3.63) is 46.2 Å². The number of carbonyl (C=O) groups is 1. The van der Waals surface area contributed by atoms with Crippen molar-refractivity contribution in [3.63, 3.8) is 0 Å². The summed E-state index contributed by atoms with van der Waals surface area (Å²) in [5, 5.41) is 0. The second kappa shape index (κ2) is 17.5. The maximum atomic E-state index is 12.7. The summed E-state index contributed by atoms with van der Waals surface area (Å²) < 4.78 is 2.21. The summed E-state index contributed by atoms with van der Waals surface area (Å²) in [6.45, 7) is 4.95. The van der Waals surface area contributed by atoms with Crippen LogP contribution in [0.5, 0.6) is 0 Å². The molecule has 3 nitrogen and oxygen atoms in total. The molecule has 0 aliphatic heterocycles. The van der Waals surface area contributed by atoms with Crippen molar-refractivity contribution in [2.75, 3.05) is 0 Å². The van der Waals surface area contributed by atoms with Crippen LogP contribution in [-0.2, 0) is 19.4 Å². The van der Waals surface area contributed by atoms with Crippen LogP contribution in [-0.4, -0.2) is 10.8 Å². The van der Waals surface area contributed by atoms with E-state index in [9.17, 15) is 4.79 Å². The number of rotatable bonds is 17. The molecule has 0 amide bonds. The molecule has 174 valence electrons. The van der Waals surface area contributed by atoms with Crippen LogP contribution in [0.3, 0.4) is 0 Å². The Balaban J connectivity index is 0.00000480. The highest BCUT2D eigenvalue weighted by Crippen LogP contribution is 2.19. The number of nitrogens with zero attached hydrogens (tertiary/aromatic N) is 2. The zero-order chi connectivity index (χ0) is 21.4. The fourth-order valence-corrected chi connectivity index (χ4v) is 5.01. The Labute approximate surface area is 204 Å². The first-order valence-corrected chi connectivity index (χ1v) is 13.1. The van der Waals surface area contributed by atoms with Crippen molar-refractivity contribution in [2.24, 2.45) is 0 Å². The van der Waals surface area contributed by atoms with Gasteiger partial charge in [-0.2, -0.15) is 4.57 Å². The summed E-state index contributed by atoms with van der Waals surface area (Å²) in [5.74, 6) is 0.105. The quantitative estimate of drug-likeness (QED) is 0.183. The van der Waals surface area contributed by atoms with Crippen LogP contribution in [0.4, 0.5) is 0 Å². The minimum Gasteiger partial charge on any atom is -1.00 e. The largest absolute Gasteiger partial charge is 1.00 e. The van der Waals surface area contributed by atoms with E-state index < -0.39 is 0 Å². The number of hydrogen-bond donors (Lipinski definition) is 0. The van der Waals surface area contributed by atoms with E-state index in [4.69, 9.17) is 0 Å². The van der Waals surface area contributed by atoms with Crippen LogP contribution in [0, 0.1) is 0 Å². The lowest BCUT2D eigenvalue weighted by atomic mass is 10.0. The van der Waals surface area contributed by atoms with Gasteiger partial charge in [-0.15, -0.1) is 0 Å². The molecular formula is C26H41BrN2OS. The van der Waals surface area contributed by atoms with Gasteiger partial charge in [0, 0.05) is 12.6 Å². The molecule has 0 aromatic carbocycles. The van der Waals surface area contributed by atoms with Crippen LogP contribution >= 0.6 is 11.3 Å². The fraction of sp³-hybridized carbons (Fsp3) is 0.654. The molecule has 2 aromatic heterocycles. The maximum Gasteiger partial charge on any atom is 0.245 e. The number of halogens is 1. The van der Waals surface area contributed by atoms with Crippen molar-refractivity contribution in [3.8, 4) is 0 Å². The van der Waals surface area contributed by atoms with Crippen LogP contribution < -0.4 is 21.5 Å². The lowest BCUT2D eigenvalue weighted by Crippen LogP contribution is -3.00. The van der Waals surface area contributed by atoms with Crippen molar-refractivity contribution < 1.29 is 26.3 Å². The third kappa shape index (κ3) is 10.9. The average molecular weight is 510 g/mol. The third-order valence-corrected chi connectivity index (χ3v) is 6.86. The van der Waals surface area contributed by atoms with Gasteiger partial charge in [0.1, 0.15) is 5.69 Å². The van der Waals surface area contributed by atoms with Crippen molar-refractivity contribution in [1.82, 2.24) is 4.98 Å². The Hall–Kier alpha value is -1.07. The van der Waals surface area contributed by atoms with E-state index in [0.717, 1.165) is 12.8 Å². The number of carbonyl (C=O) groups excluding carboxylic acids is 1. The van der Waals surface area contributed by atoms with Gasteiger partial charge in [-0.05, 0) is 31.4 Å². The third-order valence-electron chi connectivity index (χ3n) is 5.78. The summed E-state index contributed by atoms with van der Waals surface area (Å²) in [4.78, 5) is 18.4. The van der Waals surface area contributed by atoms with Crippen molar-refractivity contribution in [2.45, 2.75) is 110 Å². The minimum atomic E-state index is 0. The summed E-state index contributed by atoms with van der Waals surface area (Å²) >= 11 is 1.84. The van der Waals surface area contributed by atoms with E-state index in [1.165, 1.54) is 87.6 Å². The van der Waals surface area contributed by atoms with Crippen molar-refractivity contribution >= 4 is 17.1 Å². The van der Waals surface area contributed by atoms with Gasteiger partial charge in [0.25, 0.3) is 0 Å². The van der Waals surface area contributed by atoms with Gasteiger partial charge in [0.2, 0.25) is 17.8 Å². The molecule has 0 unspecified atom stereocenters. The fourth-order valence-electron chi connectivity index (χ4n) is 3.94. The molecule has 2 heterocycles. The first kappa shape index (κ1) is 28.0. The highest BCUT2D eigenvalue weighted by molar-refractivity contribution is 7.09. The van der Waals surface area contributed by atoms with E-state index in [2.05, 4.69) is 28.9 Å². The monoisotopic (exact) mass is 508 g/mol. The Bertz CT molecular complexity index is 717. The van der Waals surface area contributed by atoms with E-state index >= 15 is 0 Å². The predicted octanol–water partition coefficient (Wildman–Crippen LogP) is 4.12. The highest BCUT2D eigenvalue weighted by atomic mass is 79.9. The molecule has 0 aliphatic carbocycles. The van der Waals surface area contributed by atoms with E-state index in [1.807, 2.05) is 29.5 Å². The summed E-state index contributed by atoms with van der Waals surface area (Å²) in [6.07, 6.45) is 19.8. The highest BCUT2D eigenvalue weighted by Gasteiger charge is 2.22. The standard InChI is InChI=1S/C26H41N2OS.BrH/c1-3-5-7-9-11-13-18-24-26(19-14-12-10-8-6-4-2)30-22-28(24)21-25(29)23-17-15-16-20-27-23;/h15-17,20,22H,3-14,18-19,21H2,1-2H3;1H/q+1;/p-1. The second-order valence-corrected chi connectivity index (χ2v) is 9.33. The van der Waals surface area contributed by atoms with Crippen LogP contribution in [0.15, 0.2) is 29.9 Å². The molecule has 31 heavy (non-hydrogen) atoms. The van der Waals surface area contributed by atoms with Crippen LogP contribution in [0.25, 0.3) is 0 Å². The van der Waals surface area contributed by atoms with Gasteiger partial charge in [-0.3, -0.25) is 9.78 Å². The Morgan fingerprint density at radius 2 is 1.48 bits per heavy atom. The minimum absolute atomic E-state index is 0. The zero-order valence-electron chi connectivity index (χ0n) is 19.6. The number of aromatic nitrogens is 2. The number of ketones is 1. The molecule has 5 heteroatoms. The molecule has 2 rings (SSSR count). The van der Waals surface area contributed by atoms with E-state index in [0.29, 0.717) is 12.2 Å². The molecule has 0 fully saturated rings. The number of thiazole rings is 1. The molecule has 0 N–H and O–H groups in total.